The molecule has 0 aliphatic carbocycles. The van der Waals surface area contributed by atoms with Crippen LogP contribution in [0, 0.1) is 4.91 Å². The lowest BCUT2D eigenvalue weighted by Crippen LogP contribution is -2.31. The molecule has 1 aliphatic rings. The number of carbonyl (C=O) groups is 1. The molecule has 1 aliphatic heterocycles. The highest BCUT2D eigenvalue weighted by Gasteiger charge is 2.21. The maximum Gasteiger partial charge on any atom is 0.228 e. The first kappa shape index (κ1) is 12.0. The molecule has 6 nitrogen and oxygen atoms in total. The van der Waals surface area contributed by atoms with Gasteiger partial charge in [-0.15, -0.1) is 4.91 Å². The number of nitrogens with one attached hydrogen (secondary N) is 1. The van der Waals surface area contributed by atoms with Crippen molar-refractivity contribution >= 4 is 27.5 Å². The van der Waals surface area contributed by atoms with Crippen molar-refractivity contribution in [1.82, 2.24) is 10.3 Å². The molecular weight excluding hydrogens is 290 g/mol. The summed E-state index contributed by atoms with van der Waals surface area (Å²) in [6, 6.07) is 1.56. The molecule has 1 aromatic heterocycles. The Morgan fingerprint density at radius 3 is 3.06 bits per heavy atom. The molecule has 17 heavy (non-hydrogen) atoms. The number of pyridine rings is 1. The highest BCUT2D eigenvalue weighted by molar-refractivity contribution is 9.10. The van der Waals surface area contributed by atoms with Crippen molar-refractivity contribution in [3.8, 4) is 5.88 Å². The number of carbonyl (C=O) groups excluding carboxylic acids is 1. The van der Waals surface area contributed by atoms with Crippen LogP contribution < -0.4 is 10.1 Å². The Hall–Kier alpha value is -1.50. The van der Waals surface area contributed by atoms with Crippen LogP contribution in [0.25, 0.3) is 0 Å². The maximum atomic E-state index is 11.0. The van der Waals surface area contributed by atoms with E-state index in [0.717, 1.165) is 6.42 Å². The SMILES string of the molecule is O=Nc1cnc(OCC2CCC(=O)N2)c(Br)c1. The number of halogens is 1. The first-order valence-corrected chi connectivity index (χ1v) is 5.89. The van der Waals surface area contributed by atoms with Crippen LogP contribution in [0.1, 0.15) is 12.8 Å². The second-order valence-electron chi connectivity index (χ2n) is 3.69. The van der Waals surface area contributed by atoms with Crippen molar-refractivity contribution < 1.29 is 9.53 Å². The van der Waals surface area contributed by atoms with Crippen LogP contribution in [0.5, 0.6) is 5.88 Å². The molecule has 0 radical (unpaired) electrons. The molecule has 0 aromatic carbocycles. The molecule has 1 unspecified atom stereocenters. The monoisotopic (exact) mass is 299 g/mol. The lowest BCUT2D eigenvalue weighted by atomic mass is 10.2. The fraction of sp³-hybridized carbons (Fsp3) is 0.400. The summed E-state index contributed by atoms with van der Waals surface area (Å²) in [5, 5.41) is 5.56. The van der Waals surface area contributed by atoms with Crippen molar-refractivity contribution in [2.24, 2.45) is 5.18 Å². The van der Waals surface area contributed by atoms with Crippen molar-refractivity contribution in [3.63, 3.8) is 0 Å². The molecular formula is C10H10BrN3O3. The quantitative estimate of drug-likeness (QED) is 0.861. The molecule has 1 saturated heterocycles. The van der Waals surface area contributed by atoms with Gasteiger partial charge in [0.1, 0.15) is 12.3 Å². The largest absolute Gasteiger partial charge is 0.475 e. The molecule has 1 atom stereocenters. The topological polar surface area (TPSA) is 80.7 Å². The zero-order valence-corrected chi connectivity index (χ0v) is 10.4. The summed E-state index contributed by atoms with van der Waals surface area (Å²) in [5.74, 6) is 0.435. The fourth-order valence-corrected chi connectivity index (χ4v) is 2.00. The van der Waals surface area contributed by atoms with Gasteiger partial charge in [-0.05, 0) is 33.6 Å². The van der Waals surface area contributed by atoms with Crippen molar-refractivity contribution in [2.75, 3.05) is 6.61 Å². The predicted molar refractivity (Wildman–Crippen MR) is 64.1 cm³/mol. The summed E-state index contributed by atoms with van der Waals surface area (Å²) in [7, 11) is 0. The van der Waals surface area contributed by atoms with Gasteiger partial charge in [-0.1, -0.05) is 0 Å². The van der Waals surface area contributed by atoms with E-state index in [1.165, 1.54) is 12.3 Å². The van der Waals surface area contributed by atoms with Gasteiger partial charge in [-0.25, -0.2) is 4.98 Å². The van der Waals surface area contributed by atoms with Crippen molar-refractivity contribution in [2.45, 2.75) is 18.9 Å². The second kappa shape index (κ2) is 5.22. The zero-order chi connectivity index (χ0) is 12.3. The minimum absolute atomic E-state index is 0.0278. The van der Waals surface area contributed by atoms with Gasteiger partial charge in [-0.3, -0.25) is 4.79 Å². The first-order chi connectivity index (χ1) is 8.19. The van der Waals surface area contributed by atoms with Crippen molar-refractivity contribution in [3.05, 3.63) is 21.6 Å². The molecule has 2 rings (SSSR count). The van der Waals surface area contributed by atoms with Gasteiger partial charge < -0.3 is 10.1 Å². The Morgan fingerprint density at radius 2 is 2.47 bits per heavy atom. The van der Waals surface area contributed by atoms with Crippen LogP contribution in [0.2, 0.25) is 0 Å². The molecule has 1 fully saturated rings. The van der Waals surface area contributed by atoms with Gasteiger partial charge in [0.05, 0.1) is 16.7 Å². The predicted octanol–water partition coefficient (Wildman–Crippen LogP) is 1.90. The minimum atomic E-state index is 0.0278. The van der Waals surface area contributed by atoms with E-state index < -0.39 is 0 Å². The van der Waals surface area contributed by atoms with Gasteiger partial charge in [0, 0.05) is 6.42 Å². The summed E-state index contributed by atoms with van der Waals surface area (Å²) < 4.78 is 6.02. The maximum absolute atomic E-state index is 11.0. The average Bonchev–Trinajstić information content (AvgIpc) is 2.73. The average molecular weight is 300 g/mol. The molecule has 0 bridgehead atoms. The highest BCUT2D eigenvalue weighted by Crippen LogP contribution is 2.26. The normalized spacial score (nSPS) is 18.9. The van der Waals surface area contributed by atoms with E-state index in [4.69, 9.17) is 4.74 Å². The Morgan fingerprint density at radius 1 is 1.65 bits per heavy atom. The summed E-state index contributed by atoms with van der Waals surface area (Å²) >= 11 is 3.24. The number of ether oxygens (including phenoxy) is 1. The minimum Gasteiger partial charge on any atom is -0.475 e. The zero-order valence-electron chi connectivity index (χ0n) is 8.85. The van der Waals surface area contributed by atoms with Crippen LogP contribution in [-0.2, 0) is 4.79 Å². The standard InChI is InChI=1S/C10H10BrN3O3/c11-8-3-7(14-16)4-12-10(8)17-5-6-1-2-9(15)13-6/h3-4,6H,1-2,5H2,(H,13,15). The van der Waals surface area contributed by atoms with E-state index in [2.05, 4.69) is 31.4 Å². The van der Waals surface area contributed by atoms with Crippen LogP contribution in [0.4, 0.5) is 5.69 Å². The lowest BCUT2D eigenvalue weighted by Gasteiger charge is -2.11. The molecule has 90 valence electrons. The van der Waals surface area contributed by atoms with E-state index in [0.29, 0.717) is 23.4 Å². The summed E-state index contributed by atoms with van der Waals surface area (Å²) in [4.78, 5) is 25.2. The number of rotatable bonds is 4. The summed E-state index contributed by atoms with van der Waals surface area (Å²) in [5.41, 5.74) is 0.235. The number of hydrogen-bond donors (Lipinski definition) is 1. The molecule has 1 aromatic rings. The van der Waals surface area contributed by atoms with E-state index in [9.17, 15) is 9.70 Å². The Labute approximate surface area is 106 Å². The van der Waals surface area contributed by atoms with Gasteiger partial charge in [0.25, 0.3) is 0 Å². The fourth-order valence-electron chi connectivity index (χ4n) is 1.55. The van der Waals surface area contributed by atoms with Gasteiger partial charge in [0.2, 0.25) is 11.8 Å². The van der Waals surface area contributed by atoms with E-state index in [1.807, 2.05) is 0 Å². The number of aromatic nitrogens is 1. The van der Waals surface area contributed by atoms with Crippen molar-refractivity contribution in [1.29, 1.82) is 0 Å². The third kappa shape index (κ3) is 3.00. The van der Waals surface area contributed by atoms with Gasteiger partial charge >= 0.3 is 0 Å². The van der Waals surface area contributed by atoms with E-state index in [-0.39, 0.29) is 17.6 Å². The molecule has 0 spiro atoms. The number of hydrogen-bond acceptors (Lipinski definition) is 5. The molecule has 1 N–H and O–H groups in total. The van der Waals surface area contributed by atoms with Gasteiger partial charge in [-0.2, -0.15) is 0 Å². The summed E-state index contributed by atoms with van der Waals surface area (Å²) in [6.45, 7) is 0.366. The van der Waals surface area contributed by atoms with Crippen LogP contribution in [0.15, 0.2) is 21.9 Å². The van der Waals surface area contributed by atoms with E-state index >= 15 is 0 Å². The first-order valence-electron chi connectivity index (χ1n) is 5.10. The molecule has 2 heterocycles. The van der Waals surface area contributed by atoms with E-state index in [1.54, 1.807) is 0 Å². The second-order valence-corrected chi connectivity index (χ2v) is 4.54. The third-order valence-electron chi connectivity index (χ3n) is 2.40. The number of nitroso groups, excluding NO2 is 1. The summed E-state index contributed by atoms with van der Waals surface area (Å²) in [6.07, 6.45) is 2.64. The Balaban J connectivity index is 1.94. The third-order valence-corrected chi connectivity index (χ3v) is 2.97. The van der Waals surface area contributed by atoms with Crippen LogP contribution >= 0.6 is 15.9 Å². The Bertz CT molecular complexity index is 452. The number of amides is 1. The lowest BCUT2D eigenvalue weighted by molar-refractivity contribution is -0.119. The van der Waals surface area contributed by atoms with Crippen LogP contribution in [0.3, 0.4) is 0 Å². The molecule has 7 heteroatoms. The molecule has 1 amide bonds. The molecule has 0 saturated carbocycles. The van der Waals surface area contributed by atoms with Crippen LogP contribution in [-0.4, -0.2) is 23.5 Å². The highest BCUT2D eigenvalue weighted by atomic mass is 79.9. The Kier molecular flexibility index (Phi) is 3.68. The van der Waals surface area contributed by atoms with Gasteiger partial charge in [0.15, 0.2) is 0 Å². The number of nitrogens with zero attached hydrogens (tertiary/aromatic N) is 2. The smallest absolute Gasteiger partial charge is 0.228 e.